The van der Waals surface area contributed by atoms with Crippen LogP contribution in [-0.4, -0.2) is 139 Å². The van der Waals surface area contributed by atoms with Crippen molar-refractivity contribution in [3.63, 3.8) is 0 Å². The maximum Gasteiger partial charge on any atom is 0.264 e. The maximum absolute atomic E-state index is 13.2. The van der Waals surface area contributed by atoms with Crippen molar-refractivity contribution in [2.45, 2.75) is 38.3 Å². The number of pyridine rings is 1. The lowest BCUT2D eigenvalue weighted by atomic mass is 10.0. The number of benzene rings is 3. The highest BCUT2D eigenvalue weighted by molar-refractivity contribution is 6.25. The lowest BCUT2D eigenvalue weighted by molar-refractivity contribution is -0.136. The van der Waals surface area contributed by atoms with Gasteiger partial charge in [-0.25, -0.2) is 14.6 Å². The van der Waals surface area contributed by atoms with Crippen molar-refractivity contribution in [2.75, 3.05) is 91.3 Å². The standard InChI is InChI=1S/C50H56N9O12/c1-32(70-24-23-69-22-21-68-20-19-67-18-17-66-16-15-52-39-6-4-5-38-45(39)49(63)59(48(38)62)41-12-14-44(60)56-47(41)61)58-30-36(28-54-58)35-26-40-46(53-27-35)57(50(51)55-40)29-34-9-13-42(43(25-34)65-3)71-31-33-7-10-37(64-2)11-8-33/h4-11,13,25-28,30,32,41,52H,1,12,14-24,29,31H2,2-3H3,(H2,51,55)(H,56,60,61). The first-order chi connectivity index (χ1) is 34.6. The Morgan fingerprint density at radius 1 is 0.803 bits per heavy atom. The zero-order chi connectivity index (χ0) is 49.7. The Hall–Kier alpha value is -7.43. The average Bonchev–Trinajstić information content (AvgIpc) is 4.07. The van der Waals surface area contributed by atoms with Gasteiger partial charge in [-0.3, -0.25) is 34.0 Å². The Kier molecular flexibility index (Phi) is 16.8. The van der Waals surface area contributed by atoms with E-state index in [4.69, 9.17) is 48.6 Å². The Morgan fingerprint density at radius 2 is 1.52 bits per heavy atom. The van der Waals surface area contributed by atoms with Crippen molar-refractivity contribution in [3.05, 3.63) is 114 Å². The van der Waals surface area contributed by atoms with Crippen molar-refractivity contribution >= 4 is 46.4 Å². The number of methoxy groups -OCH3 is 2. The summed E-state index contributed by atoms with van der Waals surface area (Å²) in [5.74, 6) is 0.129. The minimum Gasteiger partial charge on any atom is -0.497 e. The number of amides is 4. The molecule has 1 radical (unpaired) electrons. The van der Waals surface area contributed by atoms with Crippen molar-refractivity contribution in [3.8, 4) is 28.4 Å². The number of imide groups is 2. The van der Waals surface area contributed by atoms with Gasteiger partial charge in [0, 0.05) is 42.2 Å². The number of fused-ring (bicyclic) bond motifs is 2. The molecule has 1 fully saturated rings. The van der Waals surface area contributed by atoms with Crippen LogP contribution in [0.5, 0.6) is 17.2 Å². The second kappa shape index (κ2) is 23.9. The SMILES string of the molecule is [CH2]C(OCCOCCOCCOCCOCCNc1cccc2c1C(=O)N(C1CCC(=O)NC1=O)C2=O)n1cc(-c2cnc3c(c2)nc(N)n3Cc2ccc(OCc3ccc(OC)cc3)c(OC)c2)cn1. The van der Waals surface area contributed by atoms with Crippen LogP contribution in [0.3, 0.4) is 0 Å². The molecule has 0 spiro atoms. The molecule has 0 aliphatic carbocycles. The van der Waals surface area contributed by atoms with E-state index in [-0.39, 0.29) is 24.0 Å². The lowest BCUT2D eigenvalue weighted by Crippen LogP contribution is -2.54. The second-order valence-corrected chi connectivity index (χ2v) is 16.3. The quantitative estimate of drug-likeness (QED) is 0.0477. The summed E-state index contributed by atoms with van der Waals surface area (Å²) in [6.45, 7) is 8.45. The summed E-state index contributed by atoms with van der Waals surface area (Å²) < 4.78 is 48.7. The number of carbonyl (C=O) groups is 4. The van der Waals surface area contributed by atoms with Crippen LogP contribution in [0.1, 0.15) is 50.9 Å². The molecule has 0 saturated carbocycles. The fourth-order valence-corrected chi connectivity index (χ4v) is 7.98. The van der Waals surface area contributed by atoms with Crippen molar-refractivity contribution in [2.24, 2.45) is 0 Å². The molecule has 1 saturated heterocycles. The molecule has 4 N–H and O–H groups in total. The minimum absolute atomic E-state index is 0.0554. The molecule has 2 unspecified atom stereocenters. The van der Waals surface area contributed by atoms with Crippen molar-refractivity contribution < 1.29 is 57.1 Å². The minimum atomic E-state index is -1.03. The van der Waals surface area contributed by atoms with Crippen LogP contribution >= 0.6 is 0 Å². The van der Waals surface area contributed by atoms with E-state index in [1.54, 1.807) is 49.5 Å². The number of nitrogens with zero attached hydrogens (tertiary/aromatic N) is 6. The Balaban J connectivity index is 0.671. The summed E-state index contributed by atoms with van der Waals surface area (Å²) >= 11 is 0. The number of hydrogen-bond acceptors (Lipinski definition) is 17. The number of carbonyl (C=O) groups excluding carboxylic acids is 4. The van der Waals surface area contributed by atoms with Gasteiger partial charge in [0.15, 0.2) is 17.1 Å². The third-order valence-electron chi connectivity index (χ3n) is 11.7. The topological polar surface area (TPSA) is 244 Å². The van der Waals surface area contributed by atoms with Crippen LogP contribution in [0, 0.1) is 6.92 Å². The third kappa shape index (κ3) is 12.3. The van der Waals surface area contributed by atoms with Gasteiger partial charge in [-0.1, -0.05) is 24.3 Å². The summed E-state index contributed by atoms with van der Waals surface area (Å²) in [5.41, 5.74) is 12.1. The molecule has 2 aliphatic rings. The van der Waals surface area contributed by atoms with Crippen molar-refractivity contribution in [1.82, 2.24) is 34.5 Å². The molecule has 3 aromatic heterocycles. The van der Waals surface area contributed by atoms with Gasteiger partial charge in [-0.15, -0.1) is 0 Å². The summed E-state index contributed by atoms with van der Waals surface area (Å²) in [6, 6.07) is 19.3. The van der Waals surface area contributed by atoms with Gasteiger partial charge < -0.3 is 48.9 Å². The number of anilines is 2. The van der Waals surface area contributed by atoms with Crippen LogP contribution < -0.4 is 30.6 Å². The molecule has 3 aromatic carbocycles. The zero-order valence-corrected chi connectivity index (χ0v) is 39.5. The molecule has 4 amide bonds. The van der Waals surface area contributed by atoms with Gasteiger partial charge in [0.2, 0.25) is 17.8 Å². The Labute approximate surface area is 409 Å². The molecule has 71 heavy (non-hydrogen) atoms. The first-order valence-electron chi connectivity index (χ1n) is 23.0. The van der Waals surface area contributed by atoms with Gasteiger partial charge >= 0.3 is 0 Å². The van der Waals surface area contributed by atoms with Gasteiger partial charge in [0.1, 0.15) is 30.1 Å². The highest BCUT2D eigenvalue weighted by Gasteiger charge is 2.45. The van der Waals surface area contributed by atoms with E-state index in [0.29, 0.717) is 113 Å². The largest absolute Gasteiger partial charge is 0.497 e. The predicted octanol–water partition coefficient (Wildman–Crippen LogP) is 4.45. The van der Waals surface area contributed by atoms with Crippen LogP contribution in [0.15, 0.2) is 85.3 Å². The maximum atomic E-state index is 13.2. The van der Waals surface area contributed by atoms with Gasteiger partial charge in [0.25, 0.3) is 11.8 Å². The Morgan fingerprint density at radius 3 is 2.24 bits per heavy atom. The summed E-state index contributed by atoms with van der Waals surface area (Å²) in [4.78, 5) is 60.5. The smallest absolute Gasteiger partial charge is 0.264 e. The predicted molar refractivity (Wildman–Crippen MR) is 258 cm³/mol. The van der Waals surface area contributed by atoms with Gasteiger partial charge in [0.05, 0.1) is 97.6 Å². The van der Waals surface area contributed by atoms with Crippen molar-refractivity contribution in [1.29, 1.82) is 0 Å². The molecule has 2 atom stereocenters. The molecular weight excluding hydrogens is 919 g/mol. The molecule has 0 bridgehead atoms. The number of ether oxygens (including phenoxy) is 8. The summed E-state index contributed by atoms with van der Waals surface area (Å²) in [5, 5.41) is 9.79. The van der Waals surface area contributed by atoms with Gasteiger partial charge in [-0.2, -0.15) is 5.10 Å². The molecular formula is C50H56N9O12. The molecule has 8 rings (SSSR count). The highest BCUT2D eigenvalue weighted by atomic mass is 16.6. The summed E-state index contributed by atoms with van der Waals surface area (Å²) in [6.07, 6.45) is 4.86. The highest BCUT2D eigenvalue weighted by Crippen LogP contribution is 2.33. The molecule has 6 aromatic rings. The Bertz CT molecular complexity index is 2810. The third-order valence-corrected chi connectivity index (χ3v) is 11.7. The first-order valence-corrected chi connectivity index (χ1v) is 23.0. The normalized spacial score (nSPS) is 15.0. The number of imidazole rings is 1. The fourth-order valence-electron chi connectivity index (χ4n) is 7.98. The van der Waals surface area contributed by atoms with Crippen LogP contribution in [0.25, 0.3) is 22.3 Å². The first kappa shape index (κ1) is 50.0. The van der Waals surface area contributed by atoms with E-state index >= 15 is 0 Å². The number of hydrogen-bond donors (Lipinski definition) is 3. The molecule has 21 heteroatoms. The van der Waals surface area contributed by atoms with E-state index in [1.807, 2.05) is 59.3 Å². The number of nitrogen functional groups attached to an aromatic ring is 1. The monoisotopic (exact) mass is 974 g/mol. The van der Waals surface area contributed by atoms with E-state index < -0.39 is 35.9 Å². The number of piperidine rings is 1. The van der Waals surface area contributed by atoms with E-state index in [9.17, 15) is 19.2 Å². The summed E-state index contributed by atoms with van der Waals surface area (Å²) in [7, 11) is 3.24. The lowest BCUT2D eigenvalue weighted by Gasteiger charge is -2.27. The number of nitrogens with one attached hydrogen (secondary N) is 2. The second-order valence-electron chi connectivity index (χ2n) is 16.3. The van der Waals surface area contributed by atoms with Crippen LogP contribution in [0.4, 0.5) is 11.6 Å². The number of aromatic nitrogens is 5. The number of nitrogens with two attached hydrogens (primary N) is 1. The molecule has 21 nitrogen and oxygen atoms in total. The number of rotatable bonds is 27. The fraction of sp³-hybridized carbons (Fsp3) is 0.360. The molecule has 2 aliphatic heterocycles. The van der Waals surface area contributed by atoms with E-state index in [0.717, 1.165) is 32.9 Å². The van der Waals surface area contributed by atoms with Gasteiger partial charge in [-0.05, 0) is 66.9 Å². The van der Waals surface area contributed by atoms with E-state index in [1.165, 1.54) is 0 Å². The zero-order valence-electron chi connectivity index (χ0n) is 39.5. The average molecular weight is 975 g/mol. The van der Waals surface area contributed by atoms with E-state index in [2.05, 4.69) is 27.6 Å². The molecule has 373 valence electrons. The molecule has 5 heterocycles. The van der Waals surface area contributed by atoms with Crippen LogP contribution in [-0.2, 0) is 46.4 Å². The van der Waals surface area contributed by atoms with Crippen LogP contribution in [0.2, 0.25) is 0 Å².